The Hall–Kier alpha value is -2.03. The summed E-state index contributed by atoms with van der Waals surface area (Å²) in [6, 6.07) is 0. The van der Waals surface area contributed by atoms with Crippen LogP contribution >= 0.6 is 7.14 Å². The zero-order valence-corrected chi connectivity index (χ0v) is 22.2. The van der Waals surface area contributed by atoms with E-state index in [1.54, 1.807) is 48.5 Å². The van der Waals surface area contributed by atoms with E-state index in [9.17, 15) is 26.3 Å². The molecule has 0 aromatic heterocycles. The maximum Gasteiger partial charge on any atom is 0.237 e. The molecule has 0 nitrogen and oxygen atoms in total. The molecule has 1 aliphatic rings. The highest BCUT2D eigenvalue weighted by Crippen LogP contribution is 2.83. The predicted octanol–water partition coefficient (Wildman–Crippen LogP) is 7.71. The maximum atomic E-state index is 15.7. The Morgan fingerprint density at radius 2 is 0.811 bits per heavy atom. The number of hydrogen-bond donors (Lipinski definition) is 0. The van der Waals surface area contributed by atoms with Gasteiger partial charge in [0.05, 0.1) is 0 Å². The van der Waals surface area contributed by atoms with Crippen LogP contribution in [0.25, 0.3) is 0 Å². The van der Waals surface area contributed by atoms with E-state index in [2.05, 4.69) is 0 Å². The summed E-state index contributed by atoms with van der Waals surface area (Å²) in [5.41, 5.74) is -2.48. The molecule has 3 rings (SSSR count). The first-order chi connectivity index (χ1) is 16.7. The Balaban J connectivity index is 2.87. The SMILES string of the molecule is CC1=CC[B-](c2c(F)c(F)c(F)c(F)c2F)(c2c(F)c(F)c(F)c(F)c2F)[P+](C(C)(C)C)(C(C)(C)C)C1. The Morgan fingerprint density at radius 3 is 1.08 bits per heavy atom. The fourth-order valence-corrected chi connectivity index (χ4v) is 15.5. The van der Waals surface area contributed by atoms with Gasteiger partial charge in [0, 0.05) is 16.5 Å². The van der Waals surface area contributed by atoms with Crippen LogP contribution < -0.4 is 10.9 Å². The van der Waals surface area contributed by atoms with Crippen molar-refractivity contribution in [3.8, 4) is 0 Å². The lowest BCUT2D eigenvalue weighted by molar-refractivity contribution is 0.381. The van der Waals surface area contributed by atoms with Crippen LogP contribution in [0.1, 0.15) is 48.5 Å². The van der Waals surface area contributed by atoms with Gasteiger partial charge in [-0.05, 0) is 54.0 Å². The van der Waals surface area contributed by atoms with Crippen molar-refractivity contribution in [3.63, 3.8) is 0 Å². The normalized spacial score (nSPS) is 17.7. The minimum atomic E-state index is -3.86. The summed E-state index contributed by atoms with van der Waals surface area (Å²) in [6.45, 7) is 11.1. The van der Waals surface area contributed by atoms with Crippen molar-refractivity contribution in [2.24, 2.45) is 0 Å². The van der Waals surface area contributed by atoms with Gasteiger partial charge in [-0.25, -0.2) is 43.9 Å². The molecule has 204 valence electrons. The second-order valence-corrected chi connectivity index (χ2v) is 17.2. The predicted molar refractivity (Wildman–Crippen MR) is 127 cm³/mol. The summed E-state index contributed by atoms with van der Waals surface area (Å²) in [6.07, 6.45) is 0.523. The molecule has 37 heavy (non-hydrogen) atoms. The molecule has 0 N–H and O–H groups in total. The molecule has 0 unspecified atom stereocenters. The van der Waals surface area contributed by atoms with E-state index in [0.29, 0.717) is 5.57 Å². The van der Waals surface area contributed by atoms with Gasteiger partial charge in [-0.15, -0.1) is 19.5 Å². The van der Waals surface area contributed by atoms with Gasteiger partial charge in [-0.2, -0.15) is 0 Å². The highest BCUT2D eigenvalue weighted by molar-refractivity contribution is 8.13. The lowest BCUT2D eigenvalue weighted by Gasteiger charge is -2.65. The van der Waals surface area contributed by atoms with Gasteiger partial charge >= 0.3 is 0 Å². The highest BCUT2D eigenvalue weighted by atomic mass is 31.2. The third kappa shape index (κ3) is 3.77. The summed E-state index contributed by atoms with van der Waals surface area (Å²) in [4.78, 5) is 0. The van der Waals surface area contributed by atoms with E-state index in [4.69, 9.17) is 0 Å². The van der Waals surface area contributed by atoms with E-state index in [1.807, 2.05) is 0 Å². The van der Waals surface area contributed by atoms with Crippen LogP contribution in [0.15, 0.2) is 11.6 Å². The van der Waals surface area contributed by atoms with Crippen LogP contribution in [0, 0.1) is 58.2 Å². The molecular weight excluding hydrogens is 532 g/mol. The van der Waals surface area contributed by atoms with Gasteiger partial charge in [-0.3, -0.25) is 0 Å². The number of hydrogen-bond acceptors (Lipinski definition) is 0. The van der Waals surface area contributed by atoms with Crippen LogP contribution in [0.3, 0.4) is 0 Å². The Bertz CT molecular complexity index is 1180. The summed E-state index contributed by atoms with van der Waals surface area (Å²) in [5.74, 6) is -27.8. The van der Waals surface area contributed by atoms with Gasteiger partial charge < -0.3 is 0 Å². The minimum Gasteiger partial charge on any atom is -0.207 e. The highest BCUT2D eigenvalue weighted by Gasteiger charge is 2.69. The van der Waals surface area contributed by atoms with Crippen molar-refractivity contribution in [2.75, 3.05) is 6.16 Å². The van der Waals surface area contributed by atoms with E-state index in [1.165, 1.54) is 6.08 Å². The molecule has 1 aliphatic heterocycles. The van der Waals surface area contributed by atoms with Gasteiger partial charge in [0.2, 0.25) is 5.87 Å². The molecule has 0 atom stereocenters. The molecule has 2 aromatic carbocycles. The van der Waals surface area contributed by atoms with Crippen LogP contribution in [-0.2, 0) is 0 Å². The minimum absolute atomic E-state index is 0.0843. The third-order valence-electron chi connectivity index (χ3n) is 7.90. The average Bonchev–Trinajstić information content (AvgIpc) is 2.78. The van der Waals surface area contributed by atoms with E-state index in [-0.39, 0.29) is 6.16 Å². The average molecular weight is 558 g/mol. The first kappa shape index (κ1) is 29.5. The van der Waals surface area contributed by atoms with Crippen molar-refractivity contribution in [1.29, 1.82) is 0 Å². The molecule has 0 radical (unpaired) electrons. The smallest absolute Gasteiger partial charge is 0.207 e. The molecule has 0 fully saturated rings. The standard InChI is InChI=1S/C25H26BF10P/c1-11-8-9-26(37(10-11,24(2,3)4)25(5,6)7,12-14(27)18(31)22(35)19(32)15(12)28)13-16(29)20(33)23(36)21(34)17(13)30/h8H,9-10H2,1-7H3. The lowest BCUT2D eigenvalue weighted by atomic mass is 9.35. The van der Waals surface area contributed by atoms with E-state index in [0.717, 1.165) is 0 Å². The topological polar surface area (TPSA) is 0 Å². The zero-order valence-electron chi connectivity index (χ0n) is 21.3. The molecule has 0 spiro atoms. The molecule has 0 saturated heterocycles. The Labute approximate surface area is 209 Å². The molecule has 12 heteroatoms. The summed E-state index contributed by atoms with van der Waals surface area (Å²) < 4.78 is 149. The van der Waals surface area contributed by atoms with E-state index >= 15 is 17.6 Å². The number of benzene rings is 2. The number of halogens is 10. The Kier molecular flexibility index (Phi) is 7.20. The summed E-state index contributed by atoms with van der Waals surface area (Å²) in [7, 11) is -3.59. The largest absolute Gasteiger partial charge is 0.237 e. The van der Waals surface area contributed by atoms with Crippen molar-refractivity contribution in [2.45, 2.75) is 65.1 Å². The lowest BCUT2D eigenvalue weighted by Crippen LogP contribution is -2.71. The molecule has 2 aromatic rings. The second-order valence-electron chi connectivity index (χ2n) is 11.6. The fraction of sp³-hybridized carbons (Fsp3) is 0.440. The monoisotopic (exact) mass is 558 g/mol. The molecule has 0 saturated carbocycles. The van der Waals surface area contributed by atoms with Gasteiger partial charge in [0.15, 0.2) is 34.9 Å². The second kappa shape index (κ2) is 9.03. The maximum absolute atomic E-state index is 15.7. The quantitative estimate of drug-likeness (QED) is 0.0885. The van der Waals surface area contributed by atoms with E-state index < -0.39 is 98.7 Å². The van der Waals surface area contributed by atoms with Crippen LogP contribution in [0.4, 0.5) is 43.9 Å². The van der Waals surface area contributed by atoms with Crippen LogP contribution in [0.5, 0.6) is 0 Å². The molecular formula is C25H26BF10P. The number of allylic oxidation sites excluding steroid dienone is 2. The third-order valence-corrected chi connectivity index (χ3v) is 15.9. The summed E-state index contributed by atoms with van der Waals surface area (Å²) >= 11 is 0. The van der Waals surface area contributed by atoms with Crippen molar-refractivity contribution >= 4 is 23.9 Å². The molecule has 1 heterocycles. The van der Waals surface area contributed by atoms with Crippen molar-refractivity contribution in [3.05, 3.63) is 69.8 Å². The van der Waals surface area contributed by atoms with Crippen molar-refractivity contribution in [1.82, 2.24) is 0 Å². The first-order valence-electron chi connectivity index (χ1n) is 11.4. The molecule has 0 aliphatic carbocycles. The van der Waals surface area contributed by atoms with Crippen molar-refractivity contribution < 1.29 is 43.9 Å². The summed E-state index contributed by atoms with van der Waals surface area (Å²) in [5, 5.41) is -2.28. The number of rotatable bonds is 2. The van der Waals surface area contributed by atoms with Crippen LogP contribution in [0.2, 0.25) is 6.32 Å². The molecule has 0 amide bonds. The Morgan fingerprint density at radius 1 is 0.541 bits per heavy atom. The van der Waals surface area contributed by atoms with Gasteiger partial charge in [0.25, 0.3) is 0 Å². The fourth-order valence-electron chi connectivity index (χ4n) is 6.87. The van der Waals surface area contributed by atoms with Gasteiger partial charge in [0.1, 0.15) is 23.3 Å². The van der Waals surface area contributed by atoms with Gasteiger partial charge in [-0.1, -0.05) is 10.9 Å². The van der Waals surface area contributed by atoms with Crippen LogP contribution in [-0.4, -0.2) is 22.3 Å². The zero-order chi connectivity index (χ0) is 28.6. The molecule has 0 bridgehead atoms. The first-order valence-corrected chi connectivity index (χ1v) is 13.5.